The molecule has 19 heavy (non-hydrogen) atoms. The number of aryl methyl sites for hydroxylation is 1. The van der Waals surface area contributed by atoms with Gasteiger partial charge in [0.15, 0.2) is 0 Å². The van der Waals surface area contributed by atoms with Crippen LogP contribution in [0.2, 0.25) is 0 Å². The number of rotatable bonds is 6. The maximum absolute atomic E-state index is 5.69. The molecule has 1 aromatic carbocycles. The SMILES string of the molecule is CCN1CCN(CCCCc2ccc(N)cc2)CC1. The van der Waals surface area contributed by atoms with E-state index in [1.807, 2.05) is 12.1 Å². The Kier molecular flexibility index (Phi) is 5.67. The van der Waals surface area contributed by atoms with E-state index in [2.05, 4.69) is 28.9 Å². The Morgan fingerprint density at radius 3 is 2.21 bits per heavy atom. The zero-order chi connectivity index (χ0) is 13.5. The molecule has 2 rings (SSSR count). The highest BCUT2D eigenvalue weighted by Crippen LogP contribution is 2.10. The number of nitrogens with two attached hydrogens (primary N) is 1. The molecule has 1 fully saturated rings. The van der Waals surface area contributed by atoms with Crippen molar-refractivity contribution in [2.24, 2.45) is 0 Å². The van der Waals surface area contributed by atoms with E-state index in [1.54, 1.807) is 0 Å². The minimum Gasteiger partial charge on any atom is -0.399 e. The number of nitrogen functional groups attached to an aromatic ring is 1. The van der Waals surface area contributed by atoms with E-state index >= 15 is 0 Å². The van der Waals surface area contributed by atoms with Crippen LogP contribution < -0.4 is 5.73 Å². The summed E-state index contributed by atoms with van der Waals surface area (Å²) in [6, 6.07) is 8.29. The summed E-state index contributed by atoms with van der Waals surface area (Å²) >= 11 is 0. The van der Waals surface area contributed by atoms with Crippen molar-refractivity contribution in [3.63, 3.8) is 0 Å². The van der Waals surface area contributed by atoms with E-state index in [0.717, 1.165) is 5.69 Å². The Morgan fingerprint density at radius 2 is 1.58 bits per heavy atom. The number of likely N-dealkylation sites (N-methyl/N-ethyl adjacent to an activating group) is 1. The highest BCUT2D eigenvalue weighted by molar-refractivity contribution is 5.39. The molecule has 1 aliphatic heterocycles. The van der Waals surface area contributed by atoms with Gasteiger partial charge in [-0.15, -0.1) is 0 Å². The van der Waals surface area contributed by atoms with Crippen LogP contribution in [0.15, 0.2) is 24.3 Å². The third kappa shape index (κ3) is 4.84. The fourth-order valence-electron chi connectivity index (χ4n) is 2.68. The molecule has 0 aliphatic carbocycles. The van der Waals surface area contributed by atoms with Gasteiger partial charge < -0.3 is 15.5 Å². The lowest BCUT2D eigenvalue weighted by Gasteiger charge is -2.33. The van der Waals surface area contributed by atoms with Gasteiger partial charge in [-0.3, -0.25) is 0 Å². The molecule has 3 heteroatoms. The predicted octanol–water partition coefficient (Wildman–Crippen LogP) is 2.23. The summed E-state index contributed by atoms with van der Waals surface area (Å²) in [5, 5.41) is 0. The number of anilines is 1. The molecule has 1 aliphatic rings. The third-order valence-corrected chi connectivity index (χ3v) is 4.08. The number of benzene rings is 1. The Balaban J connectivity index is 1.58. The number of unbranched alkanes of at least 4 members (excludes halogenated alkanes) is 1. The van der Waals surface area contributed by atoms with E-state index in [4.69, 9.17) is 5.73 Å². The van der Waals surface area contributed by atoms with Gasteiger partial charge in [-0.05, 0) is 50.0 Å². The molecule has 0 unspecified atom stereocenters. The normalized spacial score (nSPS) is 17.7. The second kappa shape index (κ2) is 7.51. The minimum atomic E-state index is 0.859. The van der Waals surface area contributed by atoms with Crippen molar-refractivity contribution in [1.29, 1.82) is 0 Å². The van der Waals surface area contributed by atoms with Gasteiger partial charge in [-0.1, -0.05) is 19.1 Å². The molecule has 3 nitrogen and oxygen atoms in total. The topological polar surface area (TPSA) is 32.5 Å². The standard InChI is InChI=1S/C16H27N3/c1-2-18-11-13-19(14-12-18)10-4-3-5-15-6-8-16(17)9-7-15/h6-9H,2-5,10-14,17H2,1H3. The zero-order valence-corrected chi connectivity index (χ0v) is 12.1. The highest BCUT2D eigenvalue weighted by atomic mass is 15.3. The monoisotopic (exact) mass is 261 g/mol. The van der Waals surface area contributed by atoms with Gasteiger partial charge in [0.05, 0.1) is 0 Å². The van der Waals surface area contributed by atoms with E-state index < -0.39 is 0 Å². The van der Waals surface area contributed by atoms with Gasteiger partial charge in [0, 0.05) is 31.9 Å². The maximum atomic E-state index is 5.69. The van der Waals surface area contributed by atoms with Crippen molar-refractivity contribution in [2.75, 3.05) is 45.0 Å². The van der Waals surface area contributed by atoms with Crippen molar-refractivity contribution in [2.45, 2.75) is 26.2 Å². The first-order valence-corrected chi connectivity index (χ1v) is 7.57. The van der Waals surface area contributed by atoms with Crippen LogP contribution in [-0.2, 0) is 6.42 Å². The molecule has 2 N–H and O–H groups in total. The quantitative estimate of drug-likeness (QED) is 0.629. The molecule has 0 bridgehead atoms. The smallest absolute Gasteiger partial charge is 0.0314 e. The van der Waals surface area contributed by atoms with Gasteiger partial charge >= 0.3 is 0 Å². The first-order valence-electron chi connectivity index (χ1n) is 7.57. The molecule has 106 valence electrons. The lowest BCUT2D eigenvalue weighted by Crippen LogP contribution is -2.46. The summed E-state index contributed by atoms with van der Waals surface area (Å²) in [5.74, 6) is 0. The van der Waals surface area contributed by atoms with Crippen molar-refractivity contribution in [3.05, 3.63) is 29.8 Å². The lowest BCUT2D eigenvalue weighted by molar-refractivity contribution is 0.136. The van der Waals surface area contributed by atoms with Crippen LogP contribution in [-0.4, -0.2) is 49.1 Å². The fourth-order valence-corrected chi connectivity index (χ4v) is 2.68. The first-order chi connectivity index (χ1) is 9.28. The van der Waals surface area contributed by atoms with Gasteiger partial charge in [0.2, 0.25) is 0 Å². The van der Waals surface area contributed by atoms with E-state index in [0.29, 0.717) is 0 Å². The largest absolute Gasteiger partial charge is 0.399 e. The molecule has 0 radical (unpaired) electrons. The fraction of sp³-hybridized carbons (Fsp3) is 0.625. The molecule has 0 spiro atoms. The van der Waals surface area contributed by atoms with Gasteiger partial charge in [0.25, 0.3) is 0 Å². The molecular weight excluding hydrogens is 234 g/mol. The average molecular weight is 261 g/mol. The van der Waals surface area contributed by atoms with Gasteiger partial charge in [0.1, 0.15) is 0 Å². The van der Waals surface area contributed by atoms with Crippen LogP contribution in [0.3, 0.4) is 0 Å². The number of nitrogens with zero attached hydrogens (tertiary/aromatic N) is 2. The van der Waals surface area contributed by atoms with E-state index in [9.17, 15) is 0 Å². The van der Waals surface area contributed by atoms with E-state index in [1.165, 1.54) is 64.1 Å². The molecule has 0 amide bonds. The zero-order valence-electron chi connectivity index (χ0n) is 12.1. The van der Waals surface area contributed by atoms with Crippen LogP contribution in [0.4, 0.5) is 5.69 Å². The molecule has 0 atom stereocenters. The maximum Gasteiger partial charge on any atom is 0.0314 e. The van der Waals surface area contributed by atoms with Crippen LogP contribution >= 0.6 is 0 Å². The third-order valence-electron chi connectivity index (χ3n) is 4.08. The summed E-state index contributed by atoms with van der Waals surface area (Å²) in [7, 11) is 0. The molecule has 1 aromatic rings. The second-order valence-corrected chi connectivity index (χ2v) is 5.47. The molecule has 0 aromatic heterocycles. The van der Waals surface area contributed by atoms with Crippen LogP contribution in [0.1, 0.15) is 25.3 Å². The summed E-state index contributed by atoms with van der Waals surface area (Å²) in [6.45, 7) is 9.69. The summed E-state index contributed by atoms with van der Waals surface area (Å²) in [4.78, 5) is 5.14. The molecule has 0 saturated carbocycles. The molecular formula is C16H27N3. The summed E-state index contributed by atoms with van der Waals surface area (Å²) in [5.41, 5.74) is 7.96. The number of piperazine rings is 1. The molecule has 1 heterocycles. The van der Waals surface area contributed by atoms with Crippen LogP contribution in [0.5, 0.6) is 0 Å². The Labute approximate surface area is 117 Å². The van der Waals surface area contributed by atoms with Crippen molar-refractivity contribution in [3.8, 4) is 0 Å². The number of hydrogen-bond donors (Lipinski definition) is 1. The number of hydrogen-bond acceptors (Lipinski definition) is 3. The summed E-state index contributed by atoms with van der Waals surface area (Å²) < 4.78 is 0. The Bertz CT molecular complexity index is 353. The van der Waals surface area contributed by atoms with E-state index in [-0.39, 0.29) is 0 Å². The van der Waals surface area contributed by atoms with Crippen molar-refractivity contribution < 1.29 is 0 Å². The Hall–Kier alpha value is -1.06. The highest BCUT2D eigenvalue weighted by Gasteiger charge is 2.14. The van der Waals surface area contributed by atoms with Crippen molar-refractivity contribution >= 4 is 5.69 Å². The van der Waals surface area contributed by atoms with Crippen molar-refractivity contribution in [1.82, 2.24) is 9.80 Å². The summed E-state index contributed by atoms with van der Waals surface area (Å²) in [6.07, 6.45) is 3.75. The Morgan fingerprint density at radius 1 is 0.947 bits per heavy atom. The van der Waals surface area contributed by atoms with Crippen LogP contribution in [0, 0.1) is 0 Å². The second-order valence-electron chi connectivity index (χ2n) is 5.47. The minimum absolute atomic E-state index is 0.859. The van der Waals surface area contributed by atoms with Gasteiger partial charge in [-0.25, -0.2) is 0 Å². The molecule has 1 saturated heterocycles. The first kappa shape index (κ1) is 14.4. The average Bonchev–Trinajstić information content (AvgIpc) is 2.46. The van der Waals surface area contributed by atoms with Crippen LogP contribution in [0.25, 0.3) is 0 Å². The van der Waals surface area contributed by atoms with Gasteiger partial charge in [-0.2, -0.15) is 0 Å². The predicted molar refractivity (Wildman–Crippen MR) is 82.3 cm³/mol. The lowest BCUT2D eigenvalue weighted by atomic mass is 10.1.